The molecule has 0 bridgehead atoms. The number of carboxylic acid groups (broad SMARTS) is 1. The molecule has 0 aliphatic rings. The summed E-state index contributed by atoms with van der Waals surface area (Å²) in [6.45, 7) is 6.98. The van der Waals surface area contributed by atoms with Gasteiger partial charge < -0.3 is 10.4 Å². The zero-order valence-electron chi connectivity index (χ0n) is 10.2. The van der Waals surface area contributed by atoms with Crippen molar-refractivity contribution in [1.82, 2.24) is 5.32 Å². The van der Waals surface area contributed by atoms with Crippen LogP contribution in [0.1, 0.15) is 40.0 Å². The van der Waals surface area contributed by atoms with E-state index in [-0.39, 0.29) is 4.75 Å². The molecule has 0 rings (SSSR count). The number of rotatable bonds is 8. The van der Waals surface area contributed by atoms with Gasteiger partial charge in [-0.25, -0.2) is 0 Å². The molecule has 0 heterocycles. The number of hydrogen-bond acceptors (Lipinski definition) is 3. The molecule has 1 unspecified atom stereocenters. The Labute approximate surface area is 97.0 Å². The van der Waals surface area contributed by atoms with Crippen LogP contribution < -0.4 is 5.32 Å². The van der Waals surface area contributed by atoms with Crippen LogP contribution in [0.5, 0.6) is 0 Å². The van der Waals surface area contributed by atoms with E-state index in [0.29, 0.717) is 6.42 Å². The second kappa shape index (κ2) is 7.12. The maximum atomic E-state index is 10.8. The lowest BCUT2D eigenvalue weighted by molar-refractivity contribution is -0.139. The van der Waals surface area contributed by atoms with Crippen LogP contribution in [0.3, 0.4) is 0 Å². The predicted octanol–water partition coefficient (Wildman–Crippen LogP) is 2.36. The van der Waals surface area contributed by atoms with E-state index in [0.717, 1.165) is 19.4 Å². The van der Waals surface area contributed by atoms with Gasteiger partial charge in [0.15, 0.2) is 0 Å². The summed E-state index contributed by atoms with van der Waals surface area (Å²) >= 11 is 1.83. The first-order valence-corrected chi connectivity index (χ1v) is 6.79. The third kappa shape index (κ3) is 4.43. The largest absolute Gasteiger partial charge is 0.480 e. The molecular weight excluding hydrogens is 210 g/mol. The van der Waals surface area contributed by atoms with Crippen LogP contribution in [0, 0.1) is 0 Å². The molecule has 15 heavy (non-hydrogen) atoms. The van der Waals surface area contributed by atoms with Crippen LogP contribution in [0.2, 0.25) is 0 Å². The van der Waals surface area contributed by atoms with Crippen molar-refractivity contribution in [2.45, 2.75) is 50.8 Å². The van der Waals surface area contributed by atoms with Crippen molar-refractivity contribution in [1.29, 1.82) is 0 Å². The predicted molar refractivity (Wildman–Crippen MR) is 66.5 cm³/mol. The maximum absolute atomic E-state index is 10.8. The average molecular weight is 233 g/mol. The van der Waals surface area contributed by atoms with Crippen molar-refractivity contribution in [3.8, 4) is 0 Å². The summed E-state index contributed by atoms with van der Waals surface area (Å²) in [6, 6.07) is -0.408. The molecule has 0 aromatic rings. The fourth-order valence-corrected chi connectivity index (χ4v) is 2.38. The van der Waals surface area contributed by atoms with Crippen LogP contribution >= 0.6 is 11.8 Å². The molecule has 0 aliphatic carbocycles. The number of hydrogen-bond donors (Lipinski definition) is 2. The van der Waals surface area contributed by atoms with E-state index >= 15 is 0 Å². The maximum Gasteiger partial charge on any atom is 0.320 e. The fraction of sp³-hybridized carbons (Fsp3) is 0.909. The minimum Gasteiger partial charge on any atom is -0.480 e. The molecule has 0 aromatic heterocycles. The Bertz CT molecular complexity index is 185. The number of nitrogens with one attached hydrogen (secondary N) is 1. The molecule has 0 spiro atoms. The van der Waals surface area contributed by atoms with E-state index in [4.69, 9.17) is 5.11 Å². The van der Waals surface area contributed by atoms with E-state index in [1.54, 1.807) is 0 Å². The number of thioether (sulfide) groups is 1. The van der Waals surface area contributed by atoms with Gasteiger partial charge in [-0.1, -0.05) is 20.8 Å². The van der Waals surface area contributed by atoms with Gasteiger partial charge in [-0.2, -0.15) is 11.8 Å². The lowest BCUT2D eigenvalue weighted by Gasteiger charge is -2.31. The first kappa shape index (κ1) is 14.8. The Kier molecular flexibility index (Phi) is 7.02. The topological polar surface area (TPSA) is 49.3 Å². The van der Waals surface area contributed by atoms with Gasteiger partial charge >= 0.3 is 5.97 Å². The molecule has 4 heteroatoms. The minimum absolute atomic E-state index is 0.183. The Balaban J connectivity index is 4.25. The second-order valence-electron chi connectivity index (χ2n) is 3.77. The summed E-state index contributed by atoms with van der Waals surface area (Å²) in [5.74, 6) is -0.750. The average Bonchev–Trinajstić information content (AvgIpc) is 2.25. The summed E-state index contributed by atoms with van der Waals surface area (Å²) in [7, 11) is 0. The van der Waals surface area contributed by atoms with Crippen molar-refractivity contribution >= 4 is 17.7 Å². The third-order valence-corrected chi connectivity index (χ3v) is 4.69. The fourth-order valence-electron chi connectivity index (χ4n) is 1.58. The third-order valence-electron chi connectivity index (χ3n) is 3.10. The van der Waals surface area contributed by atoms with Gasteiger partial charge in [-0.3, -0.25) is 4.79 Å². The highest BCUT2D eigenvalue weighted by Crippen LogP contribution is 2.29. The Hall–Kier alpha value is -0.220. The molecule has 0 amide bonds. The second-order valence-corrected chi connectivity index (χ2v) is 5.05. The normalized spacial score (nSPS) is 13.9. The molecule has 0 fully saturated rings. The van der Waals surface area contributed by atoms with E-state index in [9.17, 15) is 4.79 Å². The number of aliphatic carboxylic acids is 1. The highest BCUT2D eigenvalue weighted by atomic mass is 32.2. The van der Waals surface area contributed by atoms with E-state index < -0.39 is 12.0 Å². The van der Waals surface area contributed by atoms with Crippen molar-refractivity contribution in [2.75, 3.05) is 12.8 Å². The first-order chi connectivity index (χ1) is 7.05. The zero-order chi connectivity index (χ0) is 11.9. The Morgan fingerprint density at radius 1 is 1.40 bits per heavy atom. The van der Waals surface area contributed by atoms with Crippen molar-refractivity contribution < 1.29 is 9.90 Å². The van der Waals surface area contributed by atoms with Gasteiger partial charge in [-0.15, -0.1) is 0 Å². The first-order valence-electron chi connectivity index (χ1n) is 5.56. The minimum atomic E-state index is -0.750. The van der Waals surface area contributed by atoms with Crippen LogP contribution in [0.25, 0.3) is 0 Å². The molecule has 0 aliphatic heterocycles. The van der Waals surface area contributed by atoms with E-state index in [2.05, 4.69) is 25.4 Å². The van der Waals surface area contributed by atoms with Crippen LogP contribution in [-0.4, -0.2) is 34.7 Å². The molecular formula is C11H23NO2S. The van der Waals surface area contributed by atoms with Crippen molar-refractivity contribution in [3.63, 3.8) is 0 Å². The summed E-state index contributed by atoms with van der Waals surface area (Å²) in [5, 5.41) is 12.1. The Morgan fingerprint density at radius 3 is 2.20 bits per heavy atom. The van der Waals surface area contributed by atoms with Gasteiger partial charge in [0.25, 0.3) is 0 Å². The van der Waals surface area contributed by atoms with Crippen LogP contribution in [0.4, 0.5) is 0 Å². The summed E-state index contributed by atoms with van der Waals surface area (Å²) in [6.07, 6.45) is 4.85. The molecule has 1 atom stereocenters. The van der Waals surface area contributed by atoms with Gasteiger partial charge in [-0.05, 0) is 25.5 Å². The van der Waals surface area contributed by atoms with Crippen molar-refractivity contribution in [2.24, 2.45) is 0 Å². The monoisotopic (exact) mass is 233 g/mol. The molecule has 90 valence electrons. The standard InChI is InChI=1S/C11H23NO2S/c1-5-9(10(13)14)12-8-11(6-2,7-3)15-4/h9,12H,5-8H2,1-4H3,(H,13,14). The molecule has 2 N–H and O–H groups in total. The zero-order valence-corrected chi connectivity index (χ0v) is 11.0. The highest BCUT2D eigenvalue weighted by molar-refractivity contribution is 8.00. The SMILES string of the molecule is CCC(NCC(CC)(CC)SC)C(=O)O. The summed E-state index contributed by atoms with van der Waals surface area (Å²) < 4.78 is 0.183. The molecule has 0 radical (unpaired) electrons. The van der Waals surface area contributed by atoms with Crippen LogP contribution in [-0.2, 0) is 4.79 Å². The molecule has 0 saturated carbocycles. The smallest absolute Gasteiger partial charge is 0.320 e. The molecule has 3 nitrogen and oxygen atoms in total. The van der Waals surface area contributed by atoms with E-state index in [1.807, 2.05) is 18.7 Å². The van der Waals surface area contributed by atoms with E-state index in [1.165, 1.54) is 0 Å². The quantitative estimate of drug-likeness (QED) is 0.676. The van der Waals surface area contributed by atoms with Gasteiger partial charge in [0, 0.05) is 11.3 Å². The lowest BCUT2D eigenvalue weighted by atomic mass is 10.0. The summed E-state index contributed by atoms with van der Waals surface area (Å²) in [5.41, 5.74) is 0. The van der Waals surface area contributed by atoms with Crippen LogP contribution in [0.15, 0.2) is 0 Å². The van der Waals surface area contributed by atoms with Gasteiger partial charge in [0.2, 0.25) is 0 Å². The highest BCUT2D eigenvalue weighted by Gasteiger charge is 2.26. The lowest BCUT2D eigenvalue weighted by Crippen LogP contribution is -2.44. The van der Waals surface area contributed by atoms with Crippen molar-refractivity contribution in [3.05, 3.63) is 0 Å². The van der Waals surface area contributed by atoms with Gasteiger partial charge in [0.05, 0.1) is 0 Å². The molecule has 0 saturated heterocycles. The molecule has 0 aromatic carbocycles. The number of carboxylic acids is 1. The number of carbonyl (C=O) groups is 1. The Morgan fingerprint density at radius 2 is 1.93 bits per heavy atom. The summed E-state index contributed by atoms with van der Waals surface area (Å²) in [4.78, 5) is 10.8. The van der Waals surface area contributed by atoms with Gasteiger partial charge in [0.1, 0.15) is 6.04 Å².